The molecule has 2 aromatic heterocycles. The first-order valence-electron chi connectivity index (χ1n) is 27.0. The fourth-order valence-corrected chi connectivity index (χ4v) is 9.62. The first kappa shape index (κ1) is 52.1. The first-order valence-corrected chi connectivity index (χ1v) is 27.0. The number of fused-ring (bicyclic) bond motifs is 2. The Hall–Kier alpha value is -10.6. The Bertz CT molecular complexity index is 3930. The Morgan fingerprint density at radius 1 is 0.268 bits per heavy atom. The minimum Gasteiger partial charge on any atom is -0.489 e. The van der Waals surface area contributed by atoms with Gasteiger partial charge in [0.25, 0.3) is 0 Å². The van der Waals surface area contributed by atoms with Crippen molar-refractivity contribution in [1.29, 1.82) is 0 Å². The molecule has 0 spiro atoms. The van der Waals surface area contributed by atoms with Crippen LogP contribution < -0.4 is 39.3 Å². The van der Waals surface area contributed by atoms with E-state index in [0.29, 0.717) is 35.8 Å². The molecule has 0 radical (unpaired) electrons. The Labute approximate surface area is 473 Å². The van der Waals surface area contributed by atoms with E-state index in [1.807, 2.05) is 231 Å². The zero-order chi connectivity index (χ0) is 55.5. The molecule has 2 heterocycles. The third-order valence-electron chi connectivity index (χ3n) is 13.8. The lowest BCUT2D eigenvalue weighted by Crippen LogP contribution is -2.10. The van der Waals surface area contributed by atoms with Crippen molar-refractivity contribution in [3.63, 3.8) is 0 Å². The van der Waals surface area contributed by atoms with Crippen LogP contribution in [0.3, 0.4) is 0 Å². The van der Waals surface area contributed by atoms with Gasteiger partial charge in [0.15, 0.2) is 22.0 Å². The molecule has 0 fully saturated rings. The summed E-state index contributed by atoms with van der Waals surface area (Å²) in [5.41, 5.74) is 6.67. The molecule has 12 rings (SSSR count). The molecule has 0 aliphatic carbocycles. The summed E-state index contributed by atoms with van der Waals surface area (Å²) < 4.78 is 54.0. The highest BCUT2D eigenvalue weighted by Gasteiger charge is 2.30. The average Bonchev–Trinajstić information content (AvgIpc) is 1.63. The quantitative estimate of drug-likeness (QED) is 0.0689. The standard InChI is InChI=1S/C72H54O10/c73-59-39-61(55-31-35-57(36-32-55)75-43-49-19-7-1-8-20-49)81-71-67(59)63(77-45-51-23-11-3-12-24-51)41-65(79-47-53-27-15-5-16-28-53)69(71)70-66(80-48-54-29-17-6-18-30-54)42-64(78-46-52-25-13-4-14-26-52)68-60(74)40-62(82-72(68)70)56-33-37-58(38-34-56)76-44-50-21-9-2-10-22-50/h1-42H,43-48H2. The summed E-state index contributed by atoms with van der Waals surface area (Å²) in [5, 5.41) is 0.251. The number of hydrogen-bond donors (Lipinski definition) is 0. The molecule has 0 saturated heterocycles. The van der Waals surface area contributed by atoms with Crippen LogP contribution in [0.4, 0.5) is 0 Å². The van der Waals surface area contributed by atoms with Crippen LogP contribution in [-0.4, -0.2) is 0 Å². The highest BCUT2D eigenvalue weighted by Crippen LogP contribution is 2.51. The molecule has 82 heavy (non-hydrogen) atoms. The van der Waals surface area contributed by atoms with E-state index in [0.717, 1.165) is 33.4 Å². The lowest BCUT2D eigenvalue weighted by Gasteiger charge is -2.22. The van der Waals surface area contributed by atoms with Crippen LogP contribution in [-0.2, 0) is 39.6 Å². The van der Waals surface area contributed by atoms with Gasteiger partial charge in [-0.1, -0.05) is 182 Å². The smallest absolute Gasteiger partial charge is 0.197 e. The van der Waals surface area contributed by atoms with Crippen molar-refractivity contribution in [1.82, 2.24) is 0 Å². The maximum atomic E-state index is 15.2. The summed E-state index contributed by atoms with van der Waals surface area (Å²) in [6.07, 6.45) is 0. The zero-order valence-corrected chi connectivity index (χ0v) is 44.6. The van der Waals surface area contributed by atoms with Gasteiger partial charge in [-0.05, 0) is 81.9 Å². The molecule has 0 saturated carbocycles. The van der Waals surface area contributed by atoms with Crippen molar-refractivity contribution in [3.05, 3.63) is 309 Å². The Morgan fingerprint density at radius 2 is 0.524 bits per heavy atom. The Morgan fingerprint density at radius 3 is 0.805 bits per heavy atom. The summed E-state index contributed by atoms with van der Waals surface area (Å²) >= 11 is 0. The van der Waals surface area contributed by atoms with Gasteiger partial charge in [0.2, 0.25) is 0 Å². The summed E-state index contributed by atoms with van der Waals surface area (Å²) in [4.78, 5) is 30.5. The summed E-state index contributed by atoms with van der Waals surface area (Å²) in [6, 6.07) is 79.8. The first-order chi connectivity index (χ1) is 40.5. The lowest BCUT2D eigenvalue weighted by molar-refractivity contribution is 0.289. The highest BCUT2D eigenvalue weighted by molar-refractivity contribution is 6.09. The molecule has 0 N–H and O–H groups in total. The van der Waals surface area contributed by atoms with E-state index in [1.54, 1.807) is 12.1 Å². The normalized spacial score (nSPS) is 11.1. The van der Waals surface area contributed by atoms with Crippen molar-refractivity contribution >= 4 is 21.9 Å². The summed E-state index contributed by atoms with van der Waals surface area (Å²) in [6.45, 7) is 1.17. The third-order valence-corrected chi connectivity index (χ3v) is 13.8. The topological polar surface area (TPSA) is 116 Å². The van der Waals surface area contributed by atoms with E-state index in [4.69, 9.17) is 37.3 Å². The zero-order valence-electron chi connectivity index (χ0n) is 44.6. The van der Waals surface area contributed by atoms with E-state index >= 15 is 9.59 Å². The van der Waals surface area contributed by atoms with Crippen LogP contribution in [0.25, 0.3) is 55.7 Å². The van der Waals surface area contributed by atoms with Gasteiger partial charge in [-0.15, -0.1) is 0 Å². The van der Waals surface area contributed by atoms with Crippen molar-refractivity contribution < 1.29 is 37.3 Å². The molecule has 0 aliphatic rings. The highest BCUT2D eigenvalue weighted by atomic mass is 16.5. The molecule has 10 nitrogen and oxygen atoms in total. The number of benzene rings is 10. The lowest BCUT2D eigenvalue weighted by atomic mass is 9.96. The molecule has 0 amide bonds. The number of rotatable bonds is 21. The van der Waals surface area contributed by atoms with Gasteiger partial charge >= 0.3 is 0 Å². The van der Waals surface area contributed by atoms with E-state index in [2.05, 4.69) is 0 Å². The largest absolute Gasteiger partial charge is 0.489 e. The molecular weight excluding hydrogens is 1020 g/mol. The fourth-order valence-electron chi connectivity index (χ4n) is 9.62. The van der Waals surface area contributed by atoms with Gasteiger partial charge < -0.3 is 37.3 Å². The summed E-state index contributed by atoms with van der Waals surface area (Å²) in [7, 11) is 0. The van der Waals surface area contributed by atoms with Gasteiger partial charge in [-0.2, -0.15) is 0 Å². The molecular formula is C72H54O10. The van der Waals surface area contributed by atoms with Gasteiger partial charge in [-0.3, -0.25) is 9.59 Å². The molecule has 0 bridgehead atoms. The second-order valence-corrected chi connectivity index (χ2v) is 19.5. The molecule has 0 aliphatic heterocycles. The van der Waals surface area contributed by atoms with E-state index in [9.17, 15) is 0 Å². The Balaban J connectivity index is 1.10. The Kier molecular flexibility index (Phi) is 15.6. The van der Waals surface area contributed by atoms with Crippen molar-refractivity contribution in [2.24, 2.45) is 0 Å². The molecule has 0 atom stereocenters. The van der Waals surface area contributed by atoms with Gasteiger partial charge in [0.1, 0.15) is 96.4 Å². The van der Waals surface area contributed by atoms with Gasteiger partial charge in [0, 0.05) is 35.4 Å². The molecule has 10 aromatic carbocycles. The average molecular weight is 1080 g/mol. The minimum atomic E-state index is -0.393. The SMILES string of the molecule is O=c1cc(-c2ccc(OCc3ccccc3)cc2)oc2c(-c3c(OCc4ccccc4)cc(OCc4ccccc4)c4c(=O)cc(-c5ccc(OCc6ccccc6)cc5)oc34)c(OCc3ccccc3)cc(OCc3ccccc3)c12. The van der Waals surface area contributed by atoms with Crippen molar-refractivity contribution in [2.75, 3.05) is 0 Å². The monoisotopic (exact) mass is 1080 g/mol. The predicted octanol–water partition coefficient (Wildman–Crippen LogP) is 16.4. The van der Waals surface area contributed by atoms with E-state index < -0.39 is 10.9 Å². The van der Waals surface area contributed by atoms with Crippen molar-refractivity contribution in [3.8, 4) is 68.3 Å². The molecule has 12 aromatic rings. The van der Waals surface area contributed by atoms with E-state index in [1.165, 1.54) is 12.1 Å². The van der Waals surface area contributed by atoms with Crippen LogP contribution in [0.2, 0.25) is 0 Å². The number of hydrogen-bond acceptors (Lipinski definition) is 10. The van der Waals surface area contributed by atoms with Crippen LogP contribution in [0, 0.1) is 0 Å². The second kappa shape index (κ2) is 24.6. The van der Waals surface area contributed by atoms with Crippen molar-refractivity contribution in [2.45, 2.75) is 39.6 Å². The maximum Gasteiger partial charge on any atom is 0.197 e. The molecule has 10 heteroatoms. The fraction of sp³-hybridized carbons (Fsp3) is 0.0833. The van der Waals surface area contributed by atoms with Crippen LogP contribution in [0.15, 0.2) is 273 Å². The van der Waals surface area contributed by atoms with Crippen LogP contribution in [0.5, 0.6) is 34.5 Å². The molecule has 402 valence electrons. The van der Waals surface area contributed by atoms with E-state index in [-0.39, 0.29) is 94.0 Å². The minimum absolute atomic E-state index is 0.0934. The maximum absolute atomic E-state index is 15.2. The molecule has 0 unspecified atom stereocenters. The van der Waals surface area contributed by atoms with Gasteiger partial charge in [-0.25, -0.2) is 0 Å². The predicted molar refractivity (Wildman–Crippen MR) is 319 cm³/mol. The summed E-state index contributed by atoms with van der Waals surface area (Å²) in [5.74, 6) is 2.69. The number of ether oxygens (including phenoxy) is 6. The van der Waals surface area contributed by atoms with Crippen LogP contribution in [0.1, 0.15) is 33.4 Å². The van der Waals surface area contributed by atoms with Crippen LogP contribution >= 0.6 is 0 Å². The second-order valence-electron chi connectivity index (χ2n) is 19.5. The third kappa shape index (κ3) is 12.2. The van der Waals surface area contributed by atoms with Gasteiger partial charge in [0.05, 0.1) is 11.1 Å².